The van der Waals surface area contributed by atoms with Gasteiger partial charge in [-0.25, -0.2) is 8.42 Å². The lowest BCUT2D eigenvalue weighted by Gasteiger charge is -2.18. The number of benzene rings is 1. The SMILES string of the molecule is CCS(=O)(=O)CCNC(=O)C(CCSC)NC(=O)c1ccccc1Br. The fraction of sp³-hybridized carbons (Fsp3) is 0.500. The third-order valence-corrected chi connectivity index (χ3v) is 6.54. The number of sulfone groups is 1. The molecular formula is C16H23BrN2O4S2. The molecule has 0 spiro atoms. The summed E-state index contributed by atoms with van der Waals surface area (Å²) in [5.74, 6) is -0.0995. The van der Waals surface area contributed by atoms with Crippen LogP contribution in [-0.4, -0.2) is 56.3 Å². The normalized spacial score (nSPS) is 12.4. The molecule has 0 aliphatic carbocycles. The molecule has 0 saturated heterocycles. The molecule has 0 radical (unpaired) electrons. The summed E-state index contributed by atoms with van der Waals surface area (Å²) in [6.45, 7) is 1.60. The quantitative estimate of drug-likeness (QED) is 0.567. The molecule has 1 unspecified atom stereocenters. The number of thioether (sulfide) groups is 1. The number of halogens is 1. The Bertz CT molecular complexity index is 695. The van der Waals surface area contributed by atoms with Crippen LogP contribution in [0.25, 0.3) is 0 Å². The molecule has 9 heteroatoms. The van der Waals surface area contributed by atoms with E-state index in [4.69, 9.17) is 0 Å². The molecule has 1 atom stereocenters. The molecule has 0 aliphatic rings. The van der Waals surface area contributed by atoms with Crippen molar-refractivity contribution in [3.05, 3.63) is 34.3 Å². The highest BCUT2D eigenvalue weighted by molar-refractivity contribution is 9.10. The Hall–Kier alpha value is -1.06. The van der Waals surface area contributed by atoms with Gasteiger partial charge in [-0.1, -0.05) is 19.1 Å². The number of carbonyl (C=O) groups excluding carboxylic acids is 2. The first-order chi connectivity index (χ1) is 11.8. The van der Waals surface area contributed by atoms with Crippen LogP contribution in [0.1, 0.15) is 23.7 Å². The van der Waals surface area contributed by atoms with E-state index in [0.717, 1.165) is 0 Å². The summed E-state index contributed by atoms with van der Waals surface area (Å²) >= 11 is 4.88. The Morgan fingerprint density at radius 1 is 1.28 bits per heavy atom. The molecule has 0 aromatic heterocycles. The van der Waals surface area contributed by atoms with Gasteiger partial charge in [0.1, 0.15) is 6.04 Å². The van der Waals surface area contributed by atoms with Gasteiger partial charge in [-0.3, -0.25) is 9.59 Å². The fourth-order valence-electron chi connectivity index (χ4n) is 1.98. The van der Waals surface area contributed by atoms with Gasteiger partial charge in [-0.2, -0.15) is 11.8 Å². The molecule has 25 heavy (non-hydrogen) atoms. The molecule has 1 aromatic rings. The lowest BCUT2D eigenvalue weighted by atomic mass is 10.1. The Kier molecular flexibility index (Phi) is 9.52. The maximum atomic E-state index is 12.4. The summed E-state index contributed by atoms with van der Waals surface area (Å²) < 4.78 is 23.6. The van der Waals surface area contributed by atoms with Crippen molar-refractivity contribution in [1.29, 1.82) is 0 Å². The average molecular weight is 451 g/mol. The van der Waals surface area contributed by atoms with E-state index in [1.165, 1.54) is 0 Å². The molecule has 2 amide bonds. The van der Waals surface area contributed by atoms with Crippen LogP contribution in [0.3, 0.4) is 0 Å². The van der Waals surface area contributed by atoms with Gasteiger partial charge in [-0.05, 0) is 46.5 Å². The lowest BCUT2D eigenvalue weighted by Crippen LogP contribution is -2.48. The van der Waals surface area contributed by atoms with E-state index in [1.54, 1.807) is 43.0 Å². The molecule has 0 fully saturated rings. The second-order valence-electron chi connectivity index (χ2n) is 5.31. The first kappa shape index (κ1) is 22.0. The number of nitrogens with one attached hydrogen (secondary N) is 2. The van der Waals surface area contributed by atoms with Gasteiger partial charge in [0.25, 0.3) is 5.91 Å². The van der Waals surface area contributed by atoms with E-state index >= 15 is 0 Å². The summed E-state index contributed by atoms with van der Waals surface area (Å²) in [6.07, 6.45) is 2.38. The monoisotopic (exact) mass is 450 g/mol. The smallest absolute Gasteiger partial charge is 0.253 e. The van der Waals surface area contributed by atoms with Gasteiger partial charge < -0.3 is 10.6 Å². The van der Waals surface area contributed by atoms with Gasteiger partial charge >= 0.3 is 0 Å². The van der Waals surface area contributed by atoms with Crippen LogP contribution in [0, 0.1) is 0 Å². The average Bonchev–Trinajstić information content (AvgIpc) is 2.58. The minimum atomic E-state index is -3.14. The van der Waals surface area contributed by atoms with Gasteiger partial charge in [-0.15, -0.1) is 0 Å². The molecule has 140 valence electrons. The summed E-state index contributed by atoms with van der Waals surface area (Å²) in [6, 6.07) is 6.24. The topological polar surface area (TPSA) is 92.3 Å². The second kappa shape index (κ2) is 10.8. The Balaban J connectivity index is 2.71. The molecule has 2 N–H and O–H groups in total. The van der Waals surface area contributed by atoms with Crippen molar-refractivity contribution in [3.63, 3.8) is 0 Å². The van der Waals surface area contributed by atoms with Crippen molar-refractivity contribution in [2.75, 3.05) is 30.1 Å². The first-order valence-corrected chi connectivity index (χ1v) is 11.8. The molecule has 0 heterocycles. The molecule has 0 aliphatic heterocycles. The predicted octanol–water partition coefficient (Wildman–Crippen LogP) is 1.85. The fourth-order valence-corrected chi connectivity index (χ4v) is 3.62. The summed E-state index contributed by atoms with van der Waals surface area (Å²) in [7, 11) is -3.14. The zero-order chi connectivity index (χ0) is 18.9. The van der Waals surface area contributed by atoms with Crippen LogP contribution < -0.4 is 10.6 Å². The van der Waals surface area contributed by atoms with Crippen molar-refractivity contribution in [2.45, 2.75) is 19.4 Å². The number of carbonyl (C=O) groups is 2. The Morgan fingerprint density at radius 3 is 2.56 bits per heavy atom. The first-order valence-electron chi connectivity index (χ1n) is 7.83. The van der Waals surface area contributed by atoms with Crippen LogP contribution in [0.4, 0.5) is 0 Å². The van der Waals surface area contributed by atoms with E-state index in [0.29, 0.717) is 22.2 Å². The molecule has 1 rings (SSSR count). The largest absolute Gasteiger partial charge is 0.353 e. The van der Waals surface area contributed by atoms with Crippen LogP contribution >= 0.6 is 27.7 Å². The minimum absolute atomic E-state index is 0.0374. The molecule has 6 nitrogen and oxygen atoms in total. The Morgan fingerprint density at radius 2 is 1.96 bits per heavy atom. The van der Waals surface area contributed by atoms with Gasteiger partial charge in [0, 0.05) is 16.8 Å². The number of hydrogen-bond donors (Lipinski definition) is 2. The molecule has 0 bridgehead atoms. The van der Waals surface area contributed by atoms with Crippen molar-refractivity contribution in [2.24, 2.45) is 0 Å². The van der Waals surface area contributed by atoms with Crippen molar-refractivity contribution < 1.29 is 18.0 Å². The van der Waals surface area contributed by atoms with Crippen LogP contribution in [0.15, 0.2) is 28.7 Å². The van der Waals surface area contributed by atoms with Crippen molar-refractivity contribution in [3.8, 4) is 0 Å². The molecule has 1 aromatic carbocycles. The zero-order valence-electron chi connectivity index (χ0n) is 14.2. The Labute approximate surface area is 161 Å². The van der Waals surface area contributed by atoms with Crippen LogP contribution in [-0.2, 0) is 14.6 Å². The molecular weight excluding hydrogens is 428 g/mol. The van der Waals surface area contributed by atoms with Crippen molar-refractivity contribution >= 4 is 49.3 Å². The highest BCUT2D eigenvalue weighted by Gasteiger charge is 2.22. The van der Waals surface area contributed by atoms with Gasteiger partial charge in [0.2, 0.25) is 5.91 Å². The summed E-state index contributed by atoms with van der Waals surface area (Å²) in [4.78, 5) is 24.7. The molecule has 0 saturated carbocycles. The van der Waals surface area contributed by atoms with Crippen LogP contribution in [0.2, 0.25) is 0 Å². The van der Waals surface area contributed by atoms with E-state index in [2.05, 4.69) is 26.6 Å². The van der Waals surface area contributed by atoms with Crippen LogP contribution in [0.5, 0.6) is 0 Å². The maximum Gasteiger partial charge on any atom is 0.253 e. The number of amides is 2. The standard InChI is InChI=1S/C16H23BrN2O4S2/c1-3-25(22,23)11-9-18-16(21)14(8-10-24-2)19-15(20)12-6-4-5-7-13(12)17/h4-7,14H,3,8-11H2,1-2H3,(H,18,21)(H,19,20). The van der Waals surface area contributed by atoms with E-state index in [9.17, 15) is 18.0 Å². The van der Waals surface area contributed by atoms with E-state index in [1.807, 2.05) is 6.26 Å². The number of hydrogen-bond acceptors (Lipinski definition) is 5. The third-order valence-electron chi connectivity index (χ3n) is 3.50. The highest BCUT2D eigenvalue weighted by Crippen LogP contribution is 2.16. The maximum absolute atomic E-state index is 12.4. The van der Waals surface area contributed by atoms with E-state index < -0.39 is 15.9 Å². The zero-order valence-corrected chi connectivity index (χ0v) is 17.5. The summed E-state index contributed by atoms with van der Waals surface area (Å²) in [5.41, 5.74) is 0.443. The second-order valence-corrected chi connectivity index (χ2v) is 9.63. The number of rotatable bonds is 10. The van der Waals surface area contributed by atoms with Gasteiger partial charge in [0.05, 0.1) is 11.3 Å². The van der Waals surface area contributed by atoms with Crippen molar-refractivity contribution in [1.82, 2.24) is 10.6 Å². The van der Waals surface area contributed by atoms with Gasteiger partial charge in [0.15, 0.2) is 9.84 Å². The predicted molar refractivity (Wildman–Crippen MR) is 106 cm³/mol. The highest BCUT2D eigenvalue weighted by atomic mass is 79.9. The summed E-state index contributed by atoms with van der Waals surface area (Å²) in [5, 5.41) is 5.33. The lowest BCUT2D eigenvalue weighted by molar-refractivity contribution is -0.122. The minimum Gasteiger partial charge on any atom is -0.353 e. The third kappa shape index (κ3) is 7.79. The van der Waals surface area contributed by atoms with E-state index in [-0.39, 0.29) is 29.9 Å².